The van der Waals surface area contributed by atoms with Crippen molar-refractivity contribution < 1.29 is 4.79 Å². The first-order chi connectivity index (χ1) is 8.67. The Morgan fingerprint density at radius 1 is 1.61 bits per heavy atom. The first kappa shape index (κ1) is 12.9. The smallest absolute Gasteiger partial charge is 0.242 e. The van der Waals surface area contributed by atoms with Crippen LogP contribution in [0.3, 0.4) is 0 Å². The molecular weight excluding hydrogens is 294 g/mol. The minimum absolute atomic E-state index is 0.0132. The molecule has 0 radical (unpaired) electrons. The second-order valence-corrected chi connectivity index (χ2v) is 5.15. The third-order valence-electron chi connectivity index (χ3n) is 3.19. The molecule has 0 bridgehead atoms. The second kappa shape index (κ2) is 5.40. The zero-order valence-electron chi connectivity index (χ0n) is 10.1. The van der Waals surface area contributed by atoms with E-state index in [1.165, 1.54) is 0 Å². The van der Waals surface area contributed by atoms with Crippen molar-refractivity contribution in [1.82, 2.24) is 5.32 Å². The highest BCUT2D eigenvalue weighted by Gasteiger charge is 2.31. The van der Waals surface area contributed by atoms with E-state index < -0.39 is 0 Å². The molecule has 1 unspecified atom stereocenters. The van der Waals surface area contributed by atoms with Gasteiger partial charge in [-0.15, -0.1) is 0 Å². The van der Waals surface area contributed by atoms with Gasteiger partial charge >= 0.3 is 0 Å². The van der Waals surface area contributed by atoms with Crippen LogP contribution in [0.1, 0.15) is 18.4 Å². The number of carbonyl (C=O) groups excluding carboxylic acids is 1. The van der Waals surface area contributed by atoms with Gasteiger partial charge in [0, 0.05) is 18.1 Å². The van der Waals surface area contributed by atoms with Crippen LogP contribution < -0.4 is 10.2 Å². The van der Waals surface area contributed by atoms with Crippen molar-refractivity contribution in [3.63, 3.8) is 0 Å². The van der Waals surface area contributed by atoms with E-state index in [1.807, 2.05) is 17.0 Å². The molecule has 1 fully saturated rings. The van der Waals surface area contributed by atoms with E-state index in [-0.39, 0.29) is 11.9 Å². The SMILES string of the molecule is CNC(=O)C1CCCN1c1ccc(Br)cc1C#N. The first-order valence-electron chi connectivity index (χ1n) is 5.85. The normalized spacial score (nSPS) is 18.5. The number of anilines is 1. The lowest BCUT2D eigenvalue weighted by molar-refractivity contribution is -0.121. The third-order valence-corrected chi connectivity index (χ3v) is 3.68. The molecule has 1 aliphatic rings. The maximum Gasteiger partial charge on any atom is 0.242 e. The summed E-state index contributed by atoms with van der Waals surface area (Å²) in [5, 5.41) is 11.9. The van der Waals surface area contributed by atoms with Crippen LogP contribution in [0.15, 0.2) is 22.7 Å². The number of halogens is 1. The van der Waals surface area contributed by atoms with Crippen molar-refractivity contribution in [1.29, 1.82) is 5.26 Å². The van der Waals surface area contributed by atoms with Gasteiger partial charge in [0.2, 0.25) is 5.91 Å². The Hall–Kier alpha value is -1.54. The molecule has 2 rings (SSSR count). The largest absolute Gasteiger partial charge is 0.358 e. The summed E-state index contributed by atoms with van der Waals surface area (Å²) in [4.78, 5) is 13.8. The fourth-order valence-corrected chi connectivity index (χ4v) is 2.70. The summed E-state index contributed by atoms with van der Waals surface area (Å²) in [5.74, 6) is 0.0132. The van der Waals surface area contributed by atoms with Crippen LogP contribution in [-0.4, -0.2) is 25.5 Å². The van der Waals surface area contributed by atoms with Crippen LogP contribution in [0.25, 0.3) is 0 Å². The minimum Gasteiger partial charge on any atom is -0.358 e. The van der Waals surface area contributed by atoms with Gasteiger partial charge in [0.25, 0.3) is 0 Å². The van der Waals surface area contributed by atoms with E-state index in [2.05, 4.69) is 27.3 Å². The maximum absolute atomic E-state index is 11.8. The Labute approximate surface area is 115 Å². The summed E-state index contributed by atoms with van der Waals surface area (Å²) in [6.45, 7) is 0.814. The van der Waals surface area contributed by atoms with Crippen molar-refractivity contribution >= 4 is 27.5 Å². The molecule has 94 valence electrons. The lowest BCUT2D eigenvalue weighted by Gasteiger charge is -2.26. The van der Waals surface area contributed by atoms with Crippen LogP contribution in [0.4, 0.5) is 5.69 Å². The van der Waals surface area contributed by atoms with Gasteiger partial charge in [-0.25, -0.2) is 0 Å². The highest BCUT2D eigenvalue weighted by atomic mass is 79.9. The summed E-state index contributed by atoms with van der Waals surface area (Å²) in [6, 6.07) is 7.60. The molecule has 4 nitrogen and oxygen atoms in total. The van der Waals surface area contributed by atoms with Gasteiger partial charge in [0.05, 0.1) is 11.3 Å². The number of benzene rings is 1. The number of amides is 1. The van der Waals surface area contributed by atoms with Gasteiger partial charge in [0.1, 0.15) is 12.1 Å². The number of carbonyl (C=O) groups is 1. The number of hydrogen-bond acceptors (Lipinski definition) is 3. The summed E-state index contributed by atoms with van der Waals surface area (Å²) >= 11 is 3.35. The quantitative estimate of drug-likeness (QED) is 0.909. The van der Waals surface area contributed by atoms with E-state index in [1.54, 1.807) is 13.1 Å². The van der Waals surface area contributed by atoms with Gasteiger partial charge in [0.15, 0.2) is 0 Å². The molecule has 1 heterocycles. The molecular formula is C13H14BrN3O. The highest BCUT2D eigenvalue weighted by molar-refractivity contribution is 9.10. The molecule has 0 saturated carbocycles. The molecule has 18 heavy (non-hydrogen) atoms. The Morgan fingerprint density at radius 3 is 3.06 bits per heavy atom. The molecule has 1 aliphatic heterocycles. The van der Waals surface area contributed by atoms with Gasteiger partial charge in [-0.05, 0) is 31.0 Å². The minimum atomic E-state index is -0.164. The van der Waals surface area contributed by atoms with Crippen LogP contribution >= 0.6 is 15.9 Å². The summed E-state index contributed by atoms with van der Waals surface area (Å²) in [5.41, 5.74) is 1.44. The van der Waals surface area contributed by atoms with Gasteiger partial charge in [-0.2, -0.15) is 5.26 Å². The zero-order valence-corrected chi connectivity index (χ0v) is 11.7. The molecule has 1 aromatic rings. The van der Waals surface area contributed by atoms with E-state index >= 15 is 0 Å². The zero-order chi connectivity index (χ0) is 13.1. The Morgan fingerprint density at radius 2 is 2.39 bits per heavy atom. The van der Waals surface area contributed by atoms with Crippen molar-refractivity contribution in [2.75, 3.05) is 18.5 Å². The molecule has 0 aromatic heterocycles. The van der Waals surface area contributed by atoms with Crippen molar-refractivity contribution in [2.45, 2.75) is 18.9 Å². The summed E-state index contributed by atoms with van der Waals surface area (Å²) in [6.07, 6.45) is 1.81. The highest BCUT2D eigenvalue weighted by Crippen LogP contribution is 2.30. The van der Waals surface area contributed by atoms with Gasteiger partial charge in [-0.1, -0.05) is 15.9 Å². The molecule has 0 spiro atoms. The number of likely N-dealkylation sites (N-methyl/N-ethyl adjacent to an activating group) is 1. The number of nitrogens with one attached hydrogen (secondary N) is 1. The number of hydrogen-bond donors (Lipinski definition) is 1. The first-order valence-corrected chi connectivity index (χ1v) is 6.64. The molecule has 1 saturated heterocycles. The molecule has 1 N–H and O–H groups in total. The third kappa shape index (κ3) is 2.34. The van der Waals surface area contributed by atoms with E-state index in [0.717, 1.165) is 29.5 Å². The van der Waals surface area contributed by atoms with Crippen molar-refractivity contribution in [3.8, 4) is 6.07 Å². The molecule has 5 heteroatoms. The van der Waals surface area contributed by atoms with Crippen molar-refractivity contribution in [2.24, 2.45) is 0 Å². The molecule has 0 aliphatic carbocycles. The van der Waals surface area contributed by atoms with Crippen LogP contribution in [0.5, 0.6) is 0 Å². The maximum atomic E-state index is 11.8. The Kier molecular flexibility index (Phi) is 3.87. The van der Waals surface area contributed by atoms with Gasteiger partial charge < -0.3 is 10.2 Å². The van der Waals surface area contributed by atoms with Crippen LogP contribution in [0, 0.1) is 11.3 Å². The number of nitrogens with zero attached hydrogens (tertiary/aromatic N) is 2. The molecule has 1 aromatic carbocycles. The van der Waals surface area contributed by atoms with E-state index in [9.17, 15) is 10.1 Å². The summed E-state index contributed by atoms with van der Waals surface area (Å²) < 4.78 is 0.874. The summed E-state index contributed by atoms with van der Waals surface area (Å²) in [7, 11) is 1.64. The fraction of sp³-hybridized carbons (Fsp3) is 0.385. The van der Waals surface area contributed by atoms with Gasteiger partial charge in [-0.3, -0.25) is 4.79 Å². The lowest BCUT2D eigenvalue weighted by atomic mass is 10.1. The van der Waals surface area contributed by atoms with E-state index in [0.29, 0.717) is 5.56 Å². The predicted molar refractivity (Wildman–Crippen MR) is 73.3 cm³/mol. The monoisotopic (exact) mass is 307 g/mol. The topological polar surface area (TPSA) is 56.1 Å². The molecule has 1 amide bonds. The Bertz CT molecular complexity index is 509. The average Bonchev–Trinajstić information content (AvgIpc) is 2.86. The van der Waals surface area contributed by atoms with Crippen LogP contribution in [0.2, 0.25) is 0 Å². The van der Waals surface area contributed by atoms with Crippen LogP contribution in [-0.2, 0) is 4.79 Å². The van der Waals surface area contributed by atoms with Crippen molar-refractivity contribution in [3.05, 3.63) is 28.2 Å². The Balaban J connectivity index is 2.36. The average molecular weight is 308 g/mol. The number of rotatable bonds is 2. The standard InChI is InChI=1S/C13H14BrN3O/c1-16-13(18)12-3-2-6-17(12)11-5-4-10(14)7-9(11)8-15/h4-5,7,12H,2-3,6H2,1H3,(H,16,18). The predicted octanol–water partition coefficient (Wildman–Crippen LogP) is 2.04. The second-order valence-electron chi connectivity index (χ2n) is 4.24. The lowest BCUT2D eigenvalue weighted by Crippen LogP contribution is -2.42. The number of nitriles is 1. The van der Waals surface area contributed by atoms with E-state index in [4.69, 9.17) is 0 Å². The molecule has 1 atom stereocenters. The fourth-order valence-electron chi connectivity index (χ4n) is 2.34.